The van der Waals surface area contributed by atoms with Crippen LogP contribution in [0, 0.1) is 11.7 Å². The van der Waals surface area contributed by atoms with Crippen LogP contribution in [0.25, 0.3) is 11.1 Å². The zero-order chi connectivity index (χ0) is 30.8. The molecule has 1 fully saturated rings. The number of rotatable bonds is 13. The molecule has 4 unspecified atom stereocenters. The predicted octanol–water partition coefficient (Wildman–Crippen LogP) is 6.15. The van der Waals surface area contributed by atoms with Gasteiger partial charge in [0, 0.05) is 22.7 Å². The van der Waals surface area contributed by atoms with Gasteiger partial charge in [-0.05, 0) is 70.0 Å². The maximum atomic E-state index is 14.4. The zero-order valence-corrected chi connectivity index (χ0v) is 25.7. The lowest BCUT2D eigenvalue weighted by Crippen LogP contribution is -2.44. The van der Waals surface area contributed by atoms with E-state index in [9.17, 15) is 18.8 Å². The fourth-order valence-electron chi connectivity index (χ4n) is 4.22. The lowest BCUT2D eigenvalue weighted by atomic mass is 10.1. The molecule has 0 saturated carbocycles. The number of ether oxygens (including phenoxy) is 2. The third-order valence-corrected chi connectivity index (χ3v) is 7.71. The van der Waals surface area contributed by atoms with Gasteiger partial charge in [-0.3, -0.25) is 19.8 Å². The van der Waals surface area contributed by atoms with Crippen molar-refractivity contribution in [2.75, 3.05) is 6.61 Å². The smallest absolute Gasteiger partial charge is 0.329 e. The molecule has 0 aliphatic carbocycles. The molecule has 0 aromatic heterocycles. The summed E-state index contributed by atoms with van der Waals surface area (Å²) < 4.78 is 38.0. The molecule has 2 aromatic rings. The highest BCUT2D eigenvalue weighted by atomic mass is 35.5. The van der Waals surface area contributed by atoms with Crippen molar-refractivity contribution in [3.63, 3.8) is 0 Å². The van der Waals surface area contributed by atoms with Gasteiger partial charge in [0.05, 0.1) is 18.8 Å². The first-order valence-electron chi connectivity index (χ1n) is 13.5. The van der Waals surface area contributed by atoms with Crippen LogP contribution in [-0.4, -0.2) is 54.4 Å². The number of nitrogens with zero attached hydrogens (tertiary/aromatic N) is 1. The van der Waals surface area contributed by atoms with Gasteiger partial charge in [-0.1, -0.05) is 36.7 Å². The molecular weight excluding hydrogens is 588 g/mol. The molecule has 0 spiro atoms. The Kier molecular flexibility index (Phi) is 12.7. The quantitative estimate of drug-likeness (QED) is 0.155. The van der Waals surface area contributed by atoms with Crippen molar-refractivity contribution < 1.29 is 37.3 Å². The topological polar surface area (TPSA) is 115 Å². The number of carbonyl (C=O) groups excluding carboxylic acids is 3. The van der Waals surface area contributed by atoms with Gasteiger partial charge in [0.2, 0.25) is 6.41 Å². The Hall–Kier alpha value is -3.08. The van der Waals surface area contributed by atoms with E-state index in [0.29, 0.717) is 34.7 Å². The molecule has 0 radical (unpaired) electrons. The van der Waals surface area contributed by atoms with E-state index in [1.807, 2.05) is 6.92 Å². The molecule has 5 atom stereocenters. The molecular formula is C29H36ClFN3O7P. The third kappa shape index (κ3) is 9.47. The maximum Gasteiger partial charge on any atom is 0.329 e. The number of benzene rings is 2. The highest BCUT2D eigenvalue weighted by Crippen LogP contribution is 2.39. The van der Waals surface area contributed by atoms with E-state index in [-0.39, 0.29) is 18.6 Å². The lowest BCUT2D eigenvalue weighted by Gasteiger charge is -2.27. The number of hydrogen-bond donors (Lipinski definition) is 2. The molecule has 3 rings (SSSR count). The predicted molar refractivity (Wildman–Crippen MR) is 158 cm³/mol. The second-order valence-electron chi connectivity index (χ2n) is 9.95. The van der Waals surface area contributed by atoms with Crippen molar-refractivity contribution in [3.8, 4) is 16.9 Å². The SMILES string of the molecule is C/C=C\N(C(=O)NC=O)C1OC(COP(N[C@@H](C)C(=O)OC(C)C)Oc2ccc(-c3ccc(Cl)cc3F)cc2)CC1C. The average molecular weight is 624 g/mol. The second kappa shape index (κ2) is 16.0. The molecule has 2 N–H and O–H groups in total. The summed E-state index contributed by atoms with van der Waals surface area (Å²) in [5.41, 5.74) is 1.02. The number of esters is 1. The summed E-state index contributed by atoms with van der Waals surface area (Å²) in [6.45, 7) is 8.94. The van der Waals surface area contributed by atoms with Crippen LogP contribution in [-0.2, 0) is 23.6 Å². The number of hydrogen-bond acceptors (Lipinski definition) is 8. The second-order valence-corrected chi connectivity index (χ2v) is 11.6. The Morgan fingerprint density at radius 2 is 1.93 bits per heavy atom. The number of imide groups is 1. The van der Waals surface area contributed by atoms with Crippen molar-refractivity contribution in [2.24, 2.45) is 5.92 Å². The van der Waals surface area contributed by atoms with Crippen LogP contribution in [0.3, 0.4) is 0 Å². The molecule has 1 aliphatic rings. The van der Waals surface area contributed by atoms with Crippen LogP contribution in [0.2, 0.25) is 5.02 Å². The largest absolute Gasteiger partial charge is 0.462 e. The van der Waals surface area contributed by atoms with Crippen molar-refractivity contribution in [1.82, 2.24) is 15.3 Å². The van der Waals surface area contributed by atoms with Crippen LogP contribution in [0.4, 0.5) is 9.18 Å². The van der Waals surface area contributed by atoms with Gasteiger partial charge >= 0.3 is 20.5 Å². The van der Waals surface area contributed by atoms with Crippen LogP contribution in [0.5, 0.6) is 5.75 Å². The average Bonchev–Trinajstić information content (AvgIpc) is 3.30. The van der Waals surface area contributed by atoms with Gasteiger partial charge in [-0.2, -0.15) is 0 Å². The van der Waals surface area contributed by atoms with Gasteiger partial charge in [-0.25, -0.2) is 14.3 Å². The minimum Gasteiger partial charge on any atom is -0.462 e. The van der Waals surface area contributed by atoms with Crippen LogP contribution in [0.15, 0.2) is 54.7 Å². The molecule has 228 valence electrons. The Labute approximate surface area is 251 Å². The van der Waals surface area contributed by atoms with Crippen molar-refractivity contribution in [3.05, 3.63) is 65.6 Å². The number of amides is 3. The van der Waals surface area contributed by atoms with E-state index < -0.39 is 44.7 Å². The summed E-state index contributed by atoms with van der Waals surface area (Å²) in [4.78, 5) is 37.0. The normalized spacial score (nSPS) is 19.9. The van der Waals surface area contributed by atoms with E-state index >= 15 is 0 Å². The molecule has 3 amide bonds. The van der Waals surface area contributed by atoms with E-state index in [1.54, 1.807) is 76.4 Å². The van der Waals surface area contributed by atoms with Crippen molar-refractivity contribution in [2.45, 2.75) is 65.5 Å². The summed E-state index contributed by atoms with van der Waals surface area (Å²) in [6.07, 6.45) is 2.80. The van der Waals surface area contributed by atoms with Crippen LogP contribution in [0.1, 0.15) is 41.0 Å². The highest BCUT2D eigenvalue weighted by molar-refractivity contribution is 7.45. The third-order valence-electron chi connectivity index (χ3n) is 6.12. The molecule has 0 bridgehead atoms. The molecule has 10 nitrogen and oxygen atoms in total. The maximum absolute atomic E-state index is 14.4. The first-order chi connectivity index (χ1) is 20.0. The standard InChI is InChI=1S/C29H36ClFN3O7P/c1-6-13-34(29(37)32-17-35)27-19(4)14-24(40-27)16-38-42(33-20(5)28(36)39-18(2)3)41-23-10-7-21(8-11-23)25-12-9-22(30)15-26(25)31/h6-13,15,17-20,24,27,33H,14,16H2,1-5H3,(H,32,35,37)/b13-6-/t19?,20-,24?,27?,42?/m0/s1. The first-order valence-corrected chi connectivity index (χ1v) is 15.0. The Morgan fingerprint density at radius 3 is 2.55 bits per heavy atom. The summed E-state index contributed by atoms with van der Waals surface area (Å²) in [6, 6.07) is 9.87. The summed E-state index contributed by atoms with van der Waals surface area (Å²) >= 11 is 5.87. The fraction of sp³-hybridized carbons (Fsp3) is 0.414. The Bertz CT molecular complexity index is 1250. The van der Waals surface area contributed by atoms with Crippen molar-refractivity contribution >= 4 is 38.5 Å². The lowest BCUT2D eigenvalue weighted by molar-refractivity contribution is -0.149. The summed E-state index contributed by atoms with van der Waals surface area (Å²) in [7, 11) is -1.87. The Balaban J connectivity index is 1.71. The number of allylic oxidation sites excluding steroid dienone is 1. The zero-order valence-electron chi connectivity index (χ0n) is 24.1. The fourth-order valence-corrected chi connectivity index (χ4v) is 5.59. The van der Waals surface area contributed by atoms with Gasteiger partial charge in [0.1, 0.15) is 23.8 Å². The van der Waals surface area contributed by atoms with Gasteiger partial charge < -0.3 is 18.5 Å². The van der Waals surface area contributed by atoms with E-state index in [4.69, 9.17) is 30.1 Å². The molecule has 13 heteroatoms. The van der Waals surface area contributed by atoms with Crippen molar-refractivity contribution in [1.29, 1.82) is 0 Å². The van der Waals surface area contributed by atoms with Crippen LogP contribution < -0.4 is 14.9 Å². The Morgan fingerprint density at radius 1 is 1.21 bits per heavy atom. The molecule has 42 heavy (non-hydrogen) atoms. The number of carbonyl (C=O) groups is 3. The number of halogens is 2. The minimum absolute atomic E-state index is 0.0620. The van der Waals surface area contributed by atoms with Crippen LogP contribution >= 0.6 is 20.1 Å². The van der Waals surface area contributed by atoms with E-state index in [1.165, 1.54) is 11.0 Å². The van der Waals surface area contributed by atoms with Gasteiger partial charge in [0.15, 0.2) is 0 Å². The molecule has 2 aromatic carbocycles. The monoisotopic (exact) mass is 623 g/mol. The van der Waals surface area contributed by atoms with Gasteiger partial charge in [-0.15, -0.1) is 0 Å². The first kappa shape index (κ1) is 33.4. The molecule has 1 aliphatic heterocycles. The minimum atomic E-state index is -1.87. The van der Waals surface area contributed by atoms with E-state index in [2.05, 4.69) is 10.4 Å². The number of urea groups is 1. The van der Waals surface area contributed by atoms with Gasteiger partial charge in [0.25, 0.3) is 0 Å². The summed E-state index contributed by atoms with van der Waals surface area (Å²) in [5, 5.41) is 5.49. The highest BCUT2D eigenvalue weighted by Gasteiger charge is 2.38. The molecule has 1 heterocycles. The number of nitrogens with one attached hydrogen (secondary N) is 2. The summed E-state index contributed by atoms with van der Waals surface area (Å²) in [5.74, 6) is -0.540. The van der Waals surface area contributed by atoms with E-state index in [0.717, 1.165) is 0 Å². The molecule has 1 saturated heterocycles.